The van der Waals surface area contributed by atoms with Crippen molar-refractivity contribution in [2.45, 2.75) is 39.5 Å². The molecule has 24 heavy (non-hydrogen) atoms. The van der Waals surface area contributed by atoms with Crippen molar-refractivity contribution < 1.29 is 14.0 Å². The van der Waals surface area contributed by atoms with Crippen LogP contribution in [0.3, 0.4) is 0 Å². The Morgan fingerprint density at radius 1 is 1.12 bits per heavy atom. The fourth-order valence-electron chi connectivity index (χ4n) is 3.11. The van der Waals surface area contributed by atoms with Crippen LogP contribution in [-0.4, -0.2) is 24.9 Å². The van der Waals surface area contributed by atoms with Crippen LogP contribution in [0.1, 0.15) is 37.0 Å². The monoisotopic (exact) mass is 328 g/mol. The highest BCUT2D eigenvalue weighted by Crippen LogP contribution is 2.30. The Labute approximate surface area is 141 Å². The molecule has 1 aliphatic rings. The minimum Gasteiger partial charge on any atom is -0.464 e. The fraction of sp³-hybridized carbons (Fsp3) is 0.474. The molecular formula is C19H24N2O3. The number of nitrogens with one attached hydrogen (secondary N) is 2. The maximum atomic E-state index is 12.1. The van der Waals surface area contributed by atoms with Crippen molar-refractivity contribution >= 4 is 22.8 Å². The molecule has 0 bridgehead atoms. The summed E-state index contributed by atoms with van der Waals surface area (Å²) in [7, 11) is 0. The van der Waals surface area contributed by atoms with Crippen molar-refractivity contribution in [3.8, 4) is 0 Å². The van der Waals surface area contributed by atoms with Gasteiger partial charge in [0, 0.05) is 30.0 Å². The van der Waals surface area contributed by atoms with Crippen LogP contribution in [0, 0.1) is 5.92 Å². The highest BCUT2D eigenvalue weighted by Gasteiger charge is 2.16. The minimum absolute atomic E-state index is 0.000988. The van der Waals surface area contributed by atoms with Crippen LogP contribution in [0.2, 0.25) is 0 Å². The molecule has 0 atom stereocenters. The molecule has 128 valence electrons. The van der Waals surface area contributed by atoms with Gasteiger partial charge < -0.3 is 15.1 Å². The summed E-state index contributed by atoms with van der Waals surface area (Å²) in [6.07, 6.45) is 5.39. The maximum absolute atomic E-state index is 12.1. The molecule has 5 heteroatoms. The molecule has 3 rings (SSSR count). The van der Waals surface area contributed by atoms with E-state index in [0.29, 0.717) is 19.5 Å². The van der Waals surface area contributed by atoms with Crippen molar-refractivity contribution in [1.29, 1.82) is 0 Å². The first kappa shape index (κ1) is 16.6. The van der Waals surface area contributed by atoms with Gasteiger partial charge in [-0.2, -0.15) is 0 Å². The van der Waals surface area contributed by atoms with E-state index in [1.54, 1.807) is 6.26 Å². The van der Waals surface area contributed by atoms with E-state index in [2.05, 4.69) is 22.8 Å². The molecule has 0 aliphatic heterocycles. The van der Waals surface area contributed by atoms with Crippen molar-refractivity contribution in [2.75, 3.05) is 13.1 Å². The Kier molecular flexibility index (Phi) is 4.88. The summed E-state index contributed by atoms with van der Waals surface area (Å²) < 4.78 is 5.62. The number of carbonyl (C=O) groups excluding carboxylic acids is 2. The van der Waals surface area contributed by atoms with Gasteiger partial charge in [-0.3, -0.25) is 9.59 Å². The Hall–Kier alpha value is -2.30. The van der Waals surface area contributed by atoms with Gasteiger partial charge in [-0.15, -0.1) is 0 Å². The highest BCUT2D eigenvalue weighted by molar-refractivity contribution is 5.88. The van der Waals surface area contributed by atoms with E-state index in [9.17, 15) is 9.59 Å². The predicted octanol–water partition coefficient (Wildman–Crippen LogP) is 2.35. The summed E-state index contributed by atoms with van der Waals surface area (Å²) >= 11 is 0. The zero-order valence-corrected chi connectivity index (χ0v) is 14.3. The van der Waals surface area contributed by atoms with E-state index < -0.39 is 0 Å². The van der Waals surface area contributed by atoms with Crippen molar-refractivity contribution in [3.05, 3.63) is 35.1 Å². The normalized spacial score (nSPS) is 13.3. The molecule has 0 fully saturated rings. The van der Waals surface area contributed by atoms with Gasteiger partial charge in [-0.25, -0.2) is 0 Å². The Morgan fingerprint density at radius 3 is 2.58 bits per heavy atom. The van der Waals surface area contributed by atoms with Gasteiger partial charge in [0.2, 0.25) is 11.8 Å². The fourth-order valence-corrected chi connectivity index (χ4v) is 3.11. The zero-order chi connectivity index (χ0) is 17.1. The van der Waals surface area contributed by atoms with Crippen LogP contribution in [0.4, 0.5) is 0 Å². The number of carbonyl (C=O) groups is 2. The molecule has 0 saturated heterocycles. The molecular weight excluding hydrogens is 304 g/mol. The van der Waals surface area contributed by atoms with Crippen LogP contribution in [0.5, 0.6) is 0 Å². The largest absolute Gasteiger partial charge is 0.464 e. The minimum atomic E-state index is -0.0583. The Bertz CT molecular complexity index is 761. The van der Waals surface area contributed by atoms with E-state index >= 15 is 0 Å². The summed E-state index contributed by atoms with van der Waals surface area (Å²) in [5, 5.41) is 6.66. The molecule has 2 amide bonds. The van der Waals surface area contributed by atoms with Gasteiger partial charge in [-0.05, 0) is 42.5 Å². The highest BCUT2D eigenvalue weighted by atomic mass is 16.3. The lowest BCUT2D eigenvalue weighted by molar-refractivity contribution is -0.124. The number of hydrogen-bond acceptors (Lipinski definition) is 3. The molecule has 5 nitrogen and oxygen atoms in total. The van der Waals surface area contributed by atoms with E-state index in [1.807, 2.05) is 13.8 Å². The first-order chi connectivity index (χ1) is 11.5. The topological polar surface area (TPSA) is 71.3 Å². The SMILES string of the molecule is CC(C)C(=O)NCCNC(=O)Cc1coc2cc3c(cc12)CCC3. The van der Waals surface area contributed by atoms with E-state index in [-0.39, 0.29) is 17.7 Å². The Morgan fingerprint density at radius 2 is 1.83 bits per heavy atom. The van der Waals surface area contributed by atoms with E-state index in [4.69, 9.17) is 4.42 Å². The molecule has 1 aromatic carbocycles. The van der Waals surface area contributed by atoms with Gasteiger partial charge in [0.15, 0.2) is 0 Å². The van der Waals surface area contributed by atoms with Crippen LogP contribution < -0.4 is 10.6 Å². The number of rotatable bonds is 6. The summed E-state index contributed by atoms with van der Waals surface area (Å²) in [5.41, 5.74) is 4.53. The molecule has 0 unspecified atom stereocenters. The number of hydrogen-bond donors (Lipinski definition) is 2. The number of amides is 2. The summed E-state index contributed by atoms with van der Waals surface area (Å²) in [6, 6.07) is 4.28. The molecule has 1 aromatic heterocycles. The molecule has 0 spiro atoms. The number of aryl methyl sites for hydroxylation is 2. The molecule has 0 saturated carbocycles. The molecule has 1 aliphatic carbocycles. The molecule has 2 aromatic rings. The predicted molar refractivity (Wildman–Crippen MR) is 92.8 cm³/mol. The maximum Gasteiger partial charge on any atom is 0.224 e. The second-order valence-corrected chi connectivity index (χ2v) is 6.70. The molecule has 2 N–H and O–H groups in total. The number of benzene rings is 1. The van der Waals surface area contributed by atoms with Gasteiger partial charge in [0.1, 0.15) is 5.58 Å². The van der Waals surface area contributed by atoms with Crippen molar-refractivity contribution in [2.24, 2.45) is 5.92 Å². The lowest BCUT2D eigenvalue weighted by Gasteiger charge is -2.08. The third kappa shape index (κ3) is 3.61. The third-order valence-corrected chi connectivity index (χ3v) is 4.49. The molecule has 1 heterocycles. The second-order valence-electron chi connectivity index (χ2n) is 6.70. The van der Waals surface area contributed by atoms with Crippen LogP contribution in [-0.2, 0) is 28.9 Å². The van der Waals surface area contributed by atoms with E-state index in [0.717, 1.165) is 29.4 Å². The van der Waals surface area contributed by atoms with Crippen LogP contribution in [0.15, 0.2) is 22.8 Å². The van der Waals surface area contributed by atoms with E-state index in [1.165, 1.54) is 17.5 Å². The zero-order valence-electron chi connectivity index (χ0n) is 14.3. The van der Waals surface area contributed by atoms with Crippen molar-refractivity contribution in [1.82, 2.24) is 10.6 Å². The standard InChI is InChI=1S/C19H24N2O3/c1-12(2)19(23)21-7-6-20-18(22)10-15-11-24-17-9-14-5-3-4-13(14)8-16(15)17/h8-9,11-12H,3-7,10H2,1-2H3,(H,20,22)(H,21,23). The smallest absolute Gasteiger partial charge is 0.224 e. The van der Waals surface area contributed by atoms with Crippen molar-refractivity contribution in [3.63, 3.8) is 0 Å². The first-order valence-electron chi connectivity index (χ1n) is 8.61. The summed E-state index contributed by atoms with van der Waals surface area (Å²) in [6.45, 7) is 4.56. The summed E-state index contributed by atoms with van der Waals surface area (Å²) in [5.74, 6) is -0.101. The quantitative estimate of drug-likeness (QED) is 0.800. The average Bonchev–Trinajstić information content (AvgIpc) is 3.16. The molecule has 0 radical (unpaired) electrons. The van der Waals surface area contributed by atoms with Crippen LogP contribution in [0.25, 0.3) is 11.0 Å². The van der Waals surface area contributed by atoms with Gasteiger partial charge >= 0.3 is 0 Å². The number of fused-ring (bicyclic) bond motifs is 2. The lowest BCUT2D eigenvalue weighted by atomic mass is 10.0. The lowest BCUT2D eigenvalue weighted by Crippen LogP contribution is -2.36. The second kappa shape index (κ2) is 7.07. The Balaban J connectivity index is 1.55. The van der Waals surface area contributed by atoms with Gasteiger partial charge in [0.05, 0.1) is 12.7 Å². The average molecular weight is 328 g/mol. The summed E-state index contributed by atoms with van der Waals surface area (Å²) in [4.78, 5) is 23.5. The van der Waals surface area contributed by atoms with Crippen LogP contribution >= 0.6 is 0 Å². The number of furan rings is 1. The third-order valence-electron chi connectivity index (χ3n) is 4.49. The first-order valence-corrected chi connectivity index (χ1v) is 8.61. The van der Waals surface area contributed by atoms with Gasteiger partial charge in [-0.1, -0.05) is 13.8 Å². The van der Waals surface area contributed by atoms with Gasteiger partial charge in [0.25, 0.3) is 0 Å².